The molecular formula is C24H23F3N4O2S2. The second-order valence-corrected chi connectivity index (χ2v) is 8.76. The molecule has 2 aromatic carbocycles. The molecule has 0 bridgehead atoms. The van der Waals surface area contributed by atoms with Crippen molar-refractivity contribution in [2.24, 2.45) is 8.73 Å². The molecule has 1 atom stereocenters. The van der Waals surface area contributed by atoms with Crippen LogP contribution in [0.5, 0.6) is 0 Å². The fourth-order valence-corrected chi connectivity index (χ4v) is 2.99. The second-order valence-electron chi connectivity index (χ2n) is 6.12. The van der Waals surface area contributed by atoms with Gasteiger partial charge in [0, 0.05) is 18.2 Å². The Labute approximate surface area is 206 Å². The van der Waals surface area contributed by atoms with Gasteiger partial charge < -0.3 is 5.32 Å². The highest BCUT2D eigenvalue weighted by atomic mass is 32.3. The van der Waals surface area contributed by atoms with Crippen LogP contribution in [0.1, 0.15) is 11.1 Å². The van der Waals surface area contributed by atoms with E-state index >= 15 is 0 Å². The summed E-state index contributed by atoms with van der Waals surface area (Å²) in [7, 11) is -5.93. The minimum absolute atomic E-state index is 0.0472. The summed E-state index contributed by atoms with van der Waals surface area (Å²) in [4.78, 5) is 0. The summed E-state index contributed by atoms with van der Waals surface area (Å²) in [5.74, 6) is 9.34. The Kier molecular flexibility index (Phi) is 14.3. The van der Waals surface area contributed by atoms with Crippen molar-refractivity contribution in [3.8, 4) is 49.4 Å². The van der Waals surface area contributed by atoms with Crippen molar-refractivity contribution in [2.45, 2.75) is 0 Å². The van der Waals surface area contributed by atoms with E-state index in [0.717, 1.165) is 4.31 Å². The molecule has 0 aliphatic carbocycles. The topological polar surface area (TPSA) is 74.1 Å². The van der Waals surface area contributed by atoms with Gasteiger partial charge >= 0.3 is 10.5 Å². The lowest BCUT2D eigenvalue weighted by Gasteiger charge is -2.10. The summed E-state index contributed by atoms with van der Waals surface area (Å²) in [6.45, 7) is 0.585. The quantitative estimate of drug-likeness (QED) is 0.466. The smallest absolute Gasteiger partial charge is 0.309 e. The van der Waals surface area contributed by atoms with Gasteiger partial charge in [-0.05, 0) is 55.6 Å². The summed E-state index contributed by atoms with van der Waals surface area (Å²) in [5, 5.41) is 2.78. The fraction of sp³-hybridized carbons (Fsp3) is 0.167. The van der Waals surface area contributed by atoms with Crippen LogP contribution in [0.25, 0.3) is 0 Å². The molecule has 0 fully saturated rings. The molecule has 6 nitrogen and oxygen atoms in total. The predicted molar refractivity (Wildman–Crippen MR) is 137 cm³/mol. The molecule has 2 rings (SSSR count). The molecular weight excluding hydrogens is 497 g/mol. The molecule has 0 aliphatic heterocycles. The maximum atomic E-state index is 13.7. The lowest BCUT2D eigenvalue weighted by molar-refractivity contribution is 0.523. The molecule has 2 aromatic rings. The first-order chi connectivity index (χ1) is 16.4. The lowest BCUT2D eigenvalue weighted by atomic mass is 10.2. The fourth-order valence-electron chi connectivity index (χ4n) is 1.87. The summed E-state index contributed by atoms with van der Waals surface area (Å²) >= 11 is 0. The van der Waals surface area contributed by atoms with Gasteiger partial charge in [-0.2, -0.15) is 17.1 Å². The molecule has 0 spiro atoms. The van der Waals surface area contributed by atoms with Crippen LogP contribution in [0, 0.1) is 49.4 Å². The zero-order valence-electron chi connectivity index (χ0n) is 19.0. The van der Waals surface area contributed by atoms with Crippen LogP contribution in [0.2, 0.25) is 0 Å². The maximum absolute atomic E-state index is 13.7. The van der Waals surface area contributed by atoms with Crippen LogP contribution in [0.3, 0.4) is 0 Å². The molecule has 0 heterocycles. The third-order valence-electron chi connectivity index (χ3n) is 3.47. The standard InChI is InChI=1S/C12H11FN2OS.C8H5F2NOS.C4H7N/c1-4-10-15(3)17(13,16)14-12-8-6-11(5-2)7-9-12;1-2-7-3-5-8(6-4-7)11-13(9,10)12;1-3-4-5-2/h1-2,6-9H,10H2,3H3;1,3-6H;1,5H,4H2,2H3. The Hall–Kier alpha value is -3.71. The summed E-state index contributed by atoms with van der Waals surface area (Å²) in [6, 6.07) is 11.7. The van der Waals surface area contributed by atoms with Crippen LogP contribution in [0.4, 0.5) is 23.0 Å². The number of hydrogen-bond acceptors (Lipinski definition) is 5. The number of nitrogens with one attached hydrogen (secondary N) is 1. The Morgan fingerprint density at radius 3 is 1.54 bits per heavy atom. The van der Waals surface area contributed by atoms with Crippen molar-refractivity contribution in [1.82, 2.24) is 9.62 Å². The van der Waals surface area contributed by atoms with E-state index in [1.807, 2.05) is 7.05 Å². The third kappa shape index (κ3) is 14.2. The number of rotatable bonds is 5. The van der Waals surface area contributed by atoms with Gasteiger partial charge in [0.1, 0.15) is 0 Å². The first-order valence-electron chi connectivity index (χ1n) is 9.41. The molecule has 0 saturated heterocycles. The minimum atomic E-state index is -5.07. The molecule has 184 valence electrons. The van der Waals surface area contributed by atoms with Gasteiger partial charge in [0.25, 0.3) is 10.3 Å². The largest absolute Gasteiger partial charge is 0.371 e. The van der Waals surface area contributed by atoms with Gasteiger partial charge in [-0.25, -0.2) is 0 Å². The van der Waals surface area contributed by atoms with Crippen molar-refractivity contribution in [1.29, 1.82) is 0 Å². The number of hydrogen-bond donors (Lipinski definition) is 1. The first kappa shape index (κ1) is 31.3. The van der Waals surface area contributed by atoms with Gasteiger partial charge in [-0.3, -0.25) is 0 Å². The van der Waals surface area contributed by atoms with E-state index in [1.54, 1.807) is 12.1 Å². The van der Waals surface area contributed by atoms with Crippen molar-refractivity contribution in [3.05, 3.63) is 59.7 Å². The second kappa shape index (κ2) is 16.0. The minimum Gasteiger partial charge on any atom is -0.309 e. The van der Waals surface area contributed by atoms with E-state index in [-0.39, 0.29) is 17.9 Å². The van der Waals surface area contributed by atoms with Crippen molar-refractivity contribution >= 4 is 32.2 Å². The Morgan fingerprint density at radius 1 is 0.829 bits per heavy atom. The van der Waals surface area contributed by atoms with E-state index in [0.29, 0.717) is 17.7 Å². The summed E-state index contributed by atoms with van der Waals surface area (Å²) in [6.07, 6.45) is 20.1. The maximum Gasteiger partial charge on any atom is 0.371 e. The van der Waals surface area contributed by atoms with E-state index < -0.39 is 20.8 Å². The number of nitrogens with zero attached hydrogens (tertiary/aromatic N) is 3. The van der Waals surface area contributed by atoms with Crippen LogP contribution in [-0.2, 0) is 20.8 Å². The molecule has 1 N–H and O–H groups in total. The van der Waals surface area contributed by atoms with Crippen molar-refractivity contribution in [3.63, 3.8) is 0 Å². The van der Waals surface area contributed by atoms with Crippen LogP contribution in [0.15, 0.2) is 57.3 Å². The van der Waals surface area contributed by atoms with E-state index in [1.165, 1.54) is 43.4 Å². The molecule has 35 heavy (non-hydrogen) atoms. The lowest BCUT2D eigenvalue weighted by Crippen LogP contribution is -2.22. The first-order valence-corrected chi connectivity index (χ1v) is 12.1. The average molecular weight is 521 g/mol. The number of benzene rings is 2. The van der Waals surface area contributed by atoms with E-state index in [2.05, 4.69) is 37.7 Å². The van der Waals surface area contributed by atoms with Crippen molar-refractivity contribution < 1.29 is 20.1 Å². The molecule has 0 aliphatic rings. The Bertz CT molecular complexity index is 1350. The molecule has 11 heteroatoms. The zero-order chi connectivity index (χ0) is 26.9. The van der Waals surface area contributed by atoms with Gasteiger partial charge in [0.05, 0.1) is 24.5 Å². The van der Waals surface area contributed by atoms with Crippen molar-refractivity contribution in [2.75, 3.05) is 27.2 Å². The Morgan fingerprint density at radius 2 is 1.26 bits per heavy atom. The molecule has 0 saturated carbocycles. The van der Waals surface area contributed by atoms with Gasteiger partial charge in [0.15, 0.2) is 0 Å². The van der Waals surface area contributed by atoms with Gasteiger partial charge in [-0.1, -0.05) is 31.5 Å². The van der Waals surface area contributed by atoms with E-state index in [9.17, 15) is 20.1 Å². The number of halogens is 3. The third-order valence-corrected chi connectivity index (χ3v) is 5.23. The molecule has 0 aromatic heterocycles. The SMILES string of the molecule is C#CCN(C)S(=O)(F)=Nc1ccc(C#C)cc1.C#CCNC.C#Cc1ccc(N=S(=O)(F)F)cc1. The molecule has 0 radical (unpaired) electrons. The zero-order valence-corrected chi connectivity index (χ0v) is 20.6. The average Bonchev–Trinajstić information content (AvgIpc) is 2.80. The van der Waals surface area contributed by atoms with Crippen LogP contribution >= 0.6 is 0 Å². The van der Waals surface area contributed by atoms with Gasteiger partial charge in [-0.15, -0.1) is 33.9 Å². The Balaban J connectivity index is 0.000000567. The highest BCUT2D eigenvalue weighted by Gasteiger charge is 2.13. The highest BCUT2D eigenvalue weighted by Crippen LogP contribution is 2.18. The van der Waals surface area contributed by atoms with E-state index in [4.69, 9.17) is 25.7 Å². The molecule has 1 unspecified atom stereocenters. The summed E-state index contributed by atoms with van der Waals surface area (Å²) < 4.78 is 66.1. The predicted octanol–water partition coefficient (Wildman–Crippen LogP) is 4.51. The monoisotopic (exact) mass is 520 g/mol. The summed E-state index contributed by atoms with van der Waals surface area (Å²) in [5.41, 5.74) is 1.41. The van der Waals surface area contributed by atoms with Crippen LogP contribution in [-0.4, -0.2) is 39.9 Å². The highest BCUT2D eigenvalue weighted by molar-refractivity contribution is 7.86. The number of terminal acetylenes is 4. The normalized spacial score (nSPS) is 11.4. The van der Waals surface area contributed by atoms with Gasteiger partial charge in [0.2, 0.25) is 0 Å². The molecule has 0 amide bonds. The van der Waals surface area contributed by atoms with Crippen LogP contribution < -0.4 is 5.32 Å².